The quantitative estimate of drug-likeness (QED) is 0.369. The molecule has 5 rings (SSSR count). The molecule has 1 aliphatic heterocycles. The smallest absolute Gasteiger partial charge is 0.267 e. The third-order valence-electron chi connectivity index (χ3n) is 5.59. The molecule has 4 aromatic rings. The standard InChI is InChI=1S/C24H22FN5OS2/c1-15-3-8-20(11-16(15)2)33-14-22-26-24(30(28-22)19-12-32-13-19)21-9-10-23(31)29(27-21)18-6-4-17(25)5-7-18/h3-11,19H,12-14H2,1-2H3. The van der Waals surface area contributed by atoms with E-state index in [9.17, 15) is 9.18 Å². The lowest BCUT2D eigenvalue weighted by atomic mass is 10.1. The van der Waals surface area contributed by atoms with Gasteiger partial charge in [-0.25, -0.2) is 14.1 Å². The lowest BCUT2D eigenvalue weighted by molar-refractivity contribution is 0.527. The van der Waals surface area contributed by atoms with E-state index in [-0.39, 0.29) is 17.4 Å². The Hall–Kier alpha value is -2.91. The lowest BCUT2D eigenvalue weighted by Gasteiger charge is -2.26. The number of hydrogen-bond acceptors (Lipinski definition) is 6. The molecule has 33 heavy (non-hydrogen) atoms. The van der Waals surface area contributed by atoms with Crippen molar-refractivity contribution in [2.24, 2.45) is 0 Å². The number of aromatic nitrogens is 5. The normalized spacial score (nSPS) is 13.8. The Morgan fingerprint density at radius 1 is 1.03 bits per heavy atom. The van der Waals surface area contributed by atoms with Crippen LogP contribution in [0.4, 0.5) is 4.39 Å². The minimum Gasteiger partial charge on any atom is -0.267 e. The van der Waals surface area contributed by atoms with E-state index in [2.05, 4.69) is 37.1 Å². The molecule has 0 radical (unpaired) electrons. The zero-order valence-corrected chi connectivity index (χ0v) is 19.9. The van der Waals surface area contributed by atoms with Gasteiger partial charge in [-0.05, 0) is 67.4 Å². The SMILES string of the molecule is Cc1ccc(SCc2nc(-c3ccc(=O)n(-c4ccc(F)cc4)n3)n(C3CSC3)n2)cc1C. The molecular weight excluding hydrogens is 457 g/mol. The van der Waals surface area contributed by atoms with Gasteiger partial charge in [-0.3, -0.25) is 4.79 Å². The number of hydrogen-bond donors (Lipinski definition) is 0. The number of benzene rings is 2. The minimum atomic E-state index is -0.365. The summed E-state index contributed by atoms with van der Waals surface area (Å²) in [6.45, 7) is 4.22. The molecule has 0 bridgehead atoms. The van der Waals surface area contributed by atoms with Gasteiger partial charge in [-0.15, -0.1) is 11.8 Å². The van der Waals surface area contributed by atoms with Gasteiger partial charge in [0.25, 0.3) is 5.56 Å². The van der Waals surface area contributed by atoms with Gasteiger partial charge in [0.05, 0.1) is 17.5 Å². The summed E-state index contributed by atoms with van der Waals surface area (Å²) in [5.41, 5.74) is 3.30. The van der Waals surface area contributed by atoms with Crippen molar-refractivity contribution in [1.82, 2.24) is 24.5 Å². The average Bonchev–Trinajstić information content (AvgIpc) is 3.18. The Bertz CT molecular complexity index is 1360. The molecule has 0 saturated carbocycles. The maximum atomic E-state index is 13.3. The zero-order chi connectivity index (χ0) is 22.9. The fourth-order valence-electron chi connectivity index (χ4n) is 3.47. The van der Waals surface area contributed by atoms with Crippen LogP contribution in [0.2, 0.25) is 0 Å². The number of thioether (sulfide) groups is 2. The summed E-state index contributed by atoms with van der Waals surface area (Å²) in [6.07, 6.45) is 0. The molecule has 0 N–H and O–H groups in total. The number of rotatable bonds is 6. The van der Waals surface area contributed by atoms with Crippen LogP contribution < -0.4 is 5.56 Å². The summed E-state index contributed by atoms with van der Waals surface area (Å²) >= 11 is 3.57. The van der Waals surface area contributed by atoms with Gasteiger partial charge in [0.2, 0.25) is 0 Å². The van der Waals surface area contributed by atoms with E-state index >= 15 is 0 Å². The summed E-state index contributed by atoms with van der Waals surface area (Å²) in [6, 6.07) is 15.5. The fraction of sp³-hybridized carbons (Fsp3) is 0.250. The molecule has 1 fully saturated rings. The molecular formula is C24H22FN5OS2. The van der Waals surface area contributed by atoms with E-state index in [4.69, 9.17) is 10.1 Å². The maximum absolute atomic E-state index is 13.3. The molecule has 0 unspecified atom stereocenters. The van der Waals surface area contributed by atoms with Gasteiger partial charge in [-0.1, -0.05) is 6.07 Å². The molecule has 0 amide bonds. The van der Waals surface area contributed by atoms with Crippen LogP contribution in [0.3, 0.4) is 0 Å². The largest absolute Gasteiger partial charge is 0.271 e. The molecule has 1 aliphatic rings. The number of nitrogens with zero attached hydrogens (tertiary/aromatic N) is 5. The van der Waals surface area contributed by atoms with Gasteiger partial charge in [0, 0.05) is 22.5 Å². The van der Waals surface area contributed by atoms with E-state index in [1.54, 1.807) is 17.8 Å². The van der Waals surface area contributed by atoms with Crippen molar-refractivity contribution in [2.75, 3.05) is 11.5 Å². The van der Waals surface area contributed by atoms with Crippen molar-refractivity contribution in [3.8, 4) is 17.2 Å². The molecule has 3 heterocycles. The Balaban J connectivity index is 1.47. The van der Waals surface area contributed by atoms with Crippen LogP contribution in [-0.4, -0.2) is 36.1 Å². The van der Waals surface area contributed by atoms with Crippen molar-refractivity contribution in [2.45, 2.75) is 30.5 Å². The van der Waals surface area contributed by atoms with E-state index in [0.29, 0.717) is 23.0 Å². The van der Waals surface area contributed by atoms with Gasteiger partial charge in [0.15, 0.2) is 11.6 Å². The first-order valence-electron chi connectivity index (χ1n) is 10.6. The molecule has 2 aromatic heterocycles. The highest BCUT2D eigenvalue weighted by Crippen LogP contribution is 2.33. The molecule has 0 spiro atoms. The summed E-state index contributed by atoms with van der Waals surface area (Å²) < 4.78 is 16.6. The van der Waals surface area contributed by atoms with Crippen molar-refractivity contribution < 1.29 is 4.39 Å². The van der Waals surface area contributed by atoms with E-state index < -0.39 is 0 Å². The molecule has 0 atom stereocenters. The Morgan fingerprint density at radius 2 is 1.82 bits per heavy atom. The van der Waals surface area contributed by atoms with Crippen LogP contribution in [-0.2, 0) is 5.75 Å². The number of aryl methyl sites for hydroxylation is 2. The van der Waals surface area contributed by atoms with Crippen molar-refractivity contribution in [3.63, 3.8) is 0 Å². The van der Waals surface area contributed by atoms with Crippen LogP contribution in [0.5, 0.6) is 0 Å². The van der Waals surface area contributed by atoms with Gasteiger partial charge >= 0.3 is 0 Å². The Labute approximate surface area is 199 Å². The van der Waals surface area contributed by atoms with Crippen molar-refractivity contribution in [3.05, 3.63) is 87.7 Å². The predicted molar refractivity (Wildman–Crippen MR) is 131 cm³/mol. The summed E-state index contributed by atoms with van der Waals surface area (Å²) in [7, 11) is 0. The maximum Gasteiger partial charge on any atom is 0.271 e. The highest BCUT2D eigenvalue weighted by Gasteiger charge is 2.26. The van der Waals surface area contributed by atoms with Gasteiger partial charge in [-0.2, -0.15) is 26.6 Å². The lowest BCUT2D eigenvalue weighted by Crippen LogP contribution is -2.26. The van der Waals surface area contributed by atoms with Crippen molar-refractivity contribution >= 4 is 23.5 Å². The zero-order valence-electron chi connectivity index (χ0n) is 18.2. The van der Waals surface area contributed by atoms with E-state index in [1.165, 1.54) is 51.0 Å². The third-order valence-corrected chi connectivity index (χ3v) is 7.82. The highest BCUT2D eigenvalue weighted by atomic mass is 32.2. The topological polar surface area (TPSA) is 65.6 Å². The average molecular weight is 480 g/mol. The molecule has 9 heteroatoms. The monoisotopic (exact) mass is 479 g/mol. The van der Waals surface area contributed by atoms with Crippen LogP contribution >= 0.6 is 23.5 Å². The van der Waals surface area contributed by atoms with Crippen LogP contribution in [0.15, 0.2) is 64.3 Å². The van der Waals surface area contributed by atoms with E-state index in [1.807, 2.05) is 16.4 Å². The van der Waals surface area contributed by atoms with Crippen molar-refractivity contribution in [1.29, 1.82) is 0 Å². The van der Waals surface area contributed by atoms with Gasteiger partial charge in [0.1, 0.15) is 11.5 Å². The summed E-state index contributed by atoms with van der Waals surface area (Å²) in [5.74, 6) is 3.59. The van der Waals surface area contributed by atoms with Crippen LogP contribution in [0, 0.1) is 19.7 Å². The molecule has 1 saturated heterocycles. The summed E-state index contributed by atoms with van der Waals surface area (Å²) in [4.78, 5) is 18.4. The molecule has 6 nitrogen and oxygen atoms in total. The Kier molecular flexibility index (Phi) is 6.07. The van der Waals surface area contributed by atoms with Gasteiger partial charge < -0.3 is 0 Å². The number of halogens is 1. The fourth-order valence-corrected chi connectivity index (χ4v) is 5.04. The molecule has 0 aliphatic carbocycles. The predicted octanol–water partition coefficient (Wildman–Crippen LogP) is 4.83. The second-order valence-electron chi connectivity index (χ2n) is 7.97. The first kappa shape index (κ1) is 21.9. The highest BCUT2D eigenvalue weighted by molar-refractivity contribution is 8.00. The van der Waals surface area contributed by atoms with Crippen LogP contribution in [0.25, 0.3) is 17.2 Å². The summed E-state index contributed by atoms with van der Waals surface area (Å²) in [5, 5.41) is 9.34. The molecule has 168 valence electrons. The van der Waals surface area contributed by atoms with E-state index in [0.717, 1.165) is 17.3 Å². The van der Waals surface area contributed by atoms with Crippen LogP contribution in [0.1, 0.15) is 23.0 Å². The second kappa shape index (κ2) is 9.15. The first-order valence-corrected chi connectivity index (χ1v) is 12.7. The minimum absolute atomic E-state index is 0.255. The third kappa shape index (κ3) is 4.60. The Morgan fingerprint density at radius 3 is 2.52 bits per heavy atom. The first-order chi connectivity index (χ1) is 16.0. The molecule has 2 aromatic carbocycles. The second-order valence-corrected chi connectivity index (χ2v) is 10.1.